The van der Waals surface area contributed by atoms with E-state index in [2.05, 4.69) is 234 Å². The highest BCUT2D eigenvalue weighted by Gasteiger charge is 2.30. The molecule has 0 aliphatic carbocycles. The topological polar surface area (TPSA) is 237 Å². The first-order chi connectivity index (χ1) is 54.7. The molecule has 0 heterocycles. The number of aliphatic hydroxyl groups is 1. The van der Waals surface area contributed by atoms with E-state index in [1.165, 1.54) is 19.3 Å². The standard InChI is InChI=1S/C93H148O17P2/c1-5-9-13-17-21-25-29-33-37-40-43-46-50-53-57-61-65-69-73-77-90(95)103-83-88(109-92(97)79-75-71-67-63-59-55-49-36-32-28-24-20-16-12-8-4)85-107-111(99,100)105-81-87(94)82-106-112(101,102)108-86-89(110-93(98)80-76-72-68-64-60-56-52-48-45-42-39-35-31-27-23-19-15-11-7-3)84-104-91(96)78-74-70-66-62-58-54-51-47-44-41-38-34-30-26-22-18-14-10-6-2/h9-11,13-15,21-28,33-39,43-49,53-54,56-58,60,87-89,94H,5-8,12,16-20,29-32,40-42,50-52,55,59,61-86H2,1-4H3,(H,99,100)(H,101,102)/b13-9-,14-10-,15-11-,25-21-,26-22-,27-23-,28-24-,37-33-,38-34-,39-35-,46-43-,47-44-,48-45-,49-36-,57-53-,58-54-,60-56-/t87-,88+,89+/m0/s1. The second-order valence-electron chi connectivity index (χ2n) is 27.3. The van der Waals surface area contributed by atoms with Gasteiger partial charge >= 0.3 is 39.5 Å². The lowest BCUT2D eigenvalue weighted by molar-refractivity contribution is -0.161. The summed E-state index contributed by atoms with van der Waals surface area (Å²) < 4.78 is 68.7. The van der Waals surface area contributed by atoms with Crippen molar-refractivity contribution in [2.45, 2.75) is 316 Å². The van der Waals surface area contributed by atoms with Crippen LogP contribution in [0.4, 0.5) is 0 Å². The third-order valence-electron chi connectivity index (χ3n) is 16.7. The van der Waals surface area contributed by atoms with Gasteiger partial charge in [-0.3, -0.25) is 37.3 Å². The Balaban J connectivity index is 5.52. The van der Waals surface area contributed by atoms with E-state index in [0.717, 1.165) is 199 Å². The maximum absolute atomic E-state index is 13.1. The van der Waals surface area contributed by atoms with Gasteiger partial charge in [-0.25, -0.2) is 9.13 Å². The van der Waals surface area contributed by atoms with E-state index in [9.17, 15) is 43.2 Å². The van der Waals surface area contributed by atoms with E-state index < -0.39 is 97.5 Å². The monoisotopic (exact) mass is 1600 g/mol. The second-order valence-corrected chi connectivity index (χ2v) is 30.2. The van der Waals surface area contributed by atoms with Crippen molar-refractivity contribution < 1.29 is 80.2 Å². The lowest BCUT2D eigenvalue weighted by Gasteiger charge is -2.21. The van der Waals surface area contributed by atoms with Gasteiger partial charge < -0.3 is 33.8 Å². The van der Waals surface area contributed by atoms with Gasteiger partial charge in [0.2, 0.25) is 0 Å². The first-order valence-electron chi connectivity index (χ1n) is 42.3. The van der Waals surface area contributed by atoms with Crippen molar-refractivity contribution in [1.29, 1.82) is 0 Å². The van der Waals surface area contributed by atoms with Crippen molar-refractivity contribution in [1.82, 2.24) is 0 Å². The van der Waals surface area contributed by atoms with Crippen molar-refractivity contribution in [2.75, 3.05) is 39.6 Å². The smallest absolute Gasteiger partial charge is 0.462 e. The molecule has 0 aromatic carbocycles. The third kappa shape index (κ3) is 81.6. The van der Waals surface area contributed by atoms with E-state index in [0.29, 0.717) is 25.7 Å². The van der Waals surface area contributed by atoms with Gasteiger partial charge in [0.25, 0.3) is 0 Å². The molecule has 0 rings (SSSR count). The Labute approximate surface area is 678 Å². The summed E-state index contributed by atoms with van der Waals surface area (Å²) in [6.45, 7) is 4.36. The lowest BCUT2D eigenvalue weighted by Crippen LogP contribution is -2.30. The number of aliphatic hydroxyl groups excluding tert-OH is 1. The fraction of sp³-hybridized carbons (Fsp3) is 0.591. The van der Waals surface area contributed by atoms with E-state index in [1.54, 1.807) is 0 Å². The molecule has 632 valence electrons. The van der Waals surface area contributed by atoms with Crippen molar-refractivity contribution in [3.63, 3.8) is 0 Å². The molecule has 112 heavy (non-hydrogen) atoms. The van der Waals surface area contributed by atoms with Crippen LogP contribution in [0.2, 0.25) is 0 Å². The van der Waals surface area contributed by atoms with Crippen LogP contribution in [0.3, 0.4) is 0 Å². The number of esters is 4. The normalized spacial score (nSPS) is 14.8. The lowest BCUT2D eigenvalue weighted by atomic mass is 10.1. The van der Waals surface area contributed by atoms with Gasteiger partial charge in [0.15, 0.2) is 12.2 Å². The molecule has 0 radical (unpaired) electrons. The van der Waals surface area contributed by atoms with Gasteiger partial charge in [-0.1, -0.05) is 286 Å². The van der Waals surface area contributed by atoms with Crippen LogP contribution in [0.5, 0.6) is 0 Å². The fourth-order valence-corrected chi connectivity index (χ4v) is 12.0. The molecule has 0 aromatic rings. The molecule has 0 bridgehead atoms. The molecule has 0 aliphatic rings. The Morgan fingerprint density at radius 2 is 0.464 bits per heavy atom. The van der Waals surface area contributed by atoms with Gasteiger partial charge in [0, 0.05) is 25.7 Å². The summed E-state index contributed by atoms with van der Waals surface area (Å²) in [6.07, 6.45) is 104. The number of carbonyl (C=O) groups is 4. The van der Waals surface area contributed by atoms with E-state index >= 15 is 0 Å². The summed E-state index contributed by atoms with van der Waals surface area (Å²) >= 11 is 0. The molecular formula is C93H148O17P2. The molecule has 0 aliphatic heterocycles. The van der Waals surface area contributed by atoms with Crippen molar-refractivity contribution >= 4 is 39.5 Å². The molecule has 0 fully saturated rings. The minimum atomic E-state index is -5.02. The van der Waals surface area contributed by atoms with Crippen LogP contribution in [0.15, 0.2) is 207 Å². The summed E-state index contributed by atoms with van der Waals surface area (Å²) in [5, 5.41) is 10.7. The summed E-state index contributed by atoms with van der Waals surface area (Å²) in [7, 11) is -10.0. The number of rotatable bonds is 77. The average Bonchev–Trinajstić information content (AvgIpc) is 0.898. The van der Waals surface area contributed by atoms with Gasteiger partial charge in [-0.15, -0.1) is 0 Å². The van der Waals surface area contributed by atoms with Crippen LogP contribution in [-0.2, 0) is 65.4 Å². The summed E-state index contributed by atoms with van der Waals surface area (Å²) in [6, 6.07) is 0. The number of phosphoric ester groups is 2. The molecular weight excluding hydrogens is 1450 g/mol. The number of carbonyl (C=O) groups excluding carboxylic acids is 4. The molecule has 17 nitrogen and oxygen atoms in total. The fourth-order valence-electron chi connectivity index (χ4n) is 10.4. The Kier molecular flexibility index (Phi) is 77.9. The molecule has 0 amide bonds. The maximum atomic E-state index is 13.1. The van der Waals surface area contributed by atoms with E-state index in [1.807, 2.05) is 0 Å². The minimum absolute atomic E-state index is 0.0382. The van der Waals surface area contributed by atoms with Gasteiger partial charge in [-0.05, 0) is 193 Å². The van der Waals surface area contributed by atoms with Crippen LogP contribution < -0.4 is 0 Å². The highest BCUT2D eigenvalue weighted by molar-refractivity contribution is 7.47. The maximum Gasteiger partial charge on any atom is 0.472 e. The number of phosphoric acid groups is 2. The zero-order chi connectivity index (χ0) is 81.7. The largest absolute Gasteiger partial charge is 0.472 e. The van der Waals surface area contributed by atoms with Crippen molar-refractivity contribution in [3.8, 4) is 0 Å². The molecule has 0 saturated carbocycles. The first-order valence-corrected chi connectivity index (χ1v) is 45.3. The molecule has 0 saturated heterocycles. The molecule has 3 N–H and O–H groups in total. The number of ether oxygens (including phenoxy) is 4. The summed E-state index contributed by atoms with van der Waals surface area (Å²) in [5.74, 6) is -2.32. The number of unbranched alkanes of at least 4 members (excludes halogenated alkanes) is 17. The SMILES string of the molecule is CC/C=C\C/C=C\C/C=C\C/C=C\C/C=C\CCCCCC(=O)OC[C@H](COP(=O)(O)OC[C@@H](O)COP(=O)(O)OC[C@@H](COC(=O)CCCCC/C=C\C/C=C\C/C=C\C/C=C\C/C=C\CC)OC(=O)CCCCCCC/C=C\C/C=C\CCCCC)OC(=O)CCCCC/C=C\C/C=C\C/C=C\C/C=C\C/C=C\CC. The first kappa shape index (κ1) is 106. The predicted octanol–water partition coefficient (Wildman–Crippen LogP) is 25.4. The van der Waals surface area contributed by atoms with Crippen LogP contribution in [0.1, 0.15) is 297 Å². The summed E-state index contributed by atoms with van der Waals surface area (Å²) in [4.78, 5) is 73.3. The molecule has 0 spiro atoms. The van der Waals surface area contributed by atoms with Gasteiger partial charge in [0.05, 0.1) is 26.4 Å². The Hall–Kier alpha value is -6.36. The predicted molar refractivity (Wildman–Crippen MR) is 463 cm³/mol. The number of allylic oxidation sites excluding steroid dienone is 34. The number of hydrogen-bond donors (Lipinski definition) is 3. The number of hydrogen-bond acceptors (Lipinski definition) is 15. The Morgan fingerprint density at radius 1 is 0.259 bits per heavy atom. The van der Waals surface area contributed by atoms with Crippen LogP contribution in [-0.4, -0.2) is 96.7 Å². The summed E-state index contributed by atoms with van der Waals surface area (Å²) in [5.41, 5.74) is 0. The highest BCUT2D eigenvalue weighted by Crippen LogP contribution is 2.45. The third-order valence-corrected chi connectivity index (χ3v) is 18.6. The molecule has 5 atom stereocenters. The van der Waals surface area contributed by atoms with Gasteiger partial charge in [-0.2, -0.15) is 0 Å². The van der Waals surface area contributed by atoms with E-state index in [-0.39, 0.29) is 25.7 Å². The second kappa shape index (κ2) is 82.6. The molecule has 0 aromatic heterocycles. The van der Waals surface area contributed by atoms with Crippen LogP contribution in [0, 0.1) is 0 Å². The van der Waals surface area contributed by atoms with Crippen LogP contribution >= 0.6 is 15.6 Å². The van der Waals surface area contributed by atoms with Crippen LogP contribution in [0.25, 0.3) is 0 Å². The van der Waals surface area contributed by atoms with Gasteiger partial charge in [0.1, 0.15) is 19.3 Å². The zero-order valence-corrected chi connectivity index (χ0v) is 71.0. The van der Waals surface area contributed by atoms with E-state index in [4.69, 9.17) is 37.0 Å². The van der Waals surface area contributed by atoms with Crippen molar-refractivity contribution in [3.05, 3.63) is 207 Å². The Bertz CT molecular complexity index is 2940. The average molecular weight is 1600 g/mol. The Morgan fingerprint density at radius 3 is 0.723 bits per heavy atom. The highest BCUT2D eigenvalue weighted by atomic mass is 31.2. The minimum Gasteiger partial charge on any atom is -0.462 e. The molecule has 19 heteroatoms. The zero-order valence-electron chi connectivity index (χ0n) is 69.3. The quantitative estimate of drug-likeness (QED) is 0.0169. The van der Waals surface area contributed by atoms with Crippen molar-refractivity contribution in [2.24, 2.45) is 0 Å². The molecule has 2 unspecified atom stereocenters.